The SMILES string of the molecule is CCC(CC)C(CNC(=NC)NCCc1ncc(C)s1)N1CCCC1.I. The van der Waals surface area contributed by atoms with E-state index >= 15 is 0 Å². The van der Waals surface area contributed by atoms with E-state index in [0.717, 1.165) is 31.4 Å². The van der Waals surface area contributed by atoms with Crippen LogP contribution in [0.3, 0.4) is 0 Å². The van der Waals surface area contributed by atoms with Crippen molar-refractivity contribution in [3.63, 3.8) is 0 Å². The van der Waals surface area contributed by atoms with E-state index in [1.54, 1.807) is 11.3 Å². The number of hydrogen-bond acceptors (Lipinski definition) is 4. The number of nitrogens with zero attached hydrogens (tertiary/aromatic N) is 3. The molecular weight excluding hydrogens is 457 g/mol. The lowest BCUT2D eigenvalue weighted by molar-refractivity contribution is 0.167. The molecule has 2 rings (SSSR count). The summed E-state index contributed by atoms with van der Waals surface area (Å²) in [5, 5.41) is 8.19. The molecule has 1 aliphatic rings. The van der Waals surface area contributed by atoms with Crippen LogP contribution in [-0.2, 0) is 6.42 Å². The Balaban J connectivity index is 0.00000338. The van der Waals surface area contributed by atoms with Gasteiger partial charge in [0.15, 0.2) is 5.96 Å². The monoisotopic (exact) mass is 493 g/mol. The van der Waals surface area contributed by atoms with E-state index in [9.17, 15) is 0 Å². The zero-order valence-corrected chi connectivity index (χ0v) is 19.9. The minimum atomic E-state index is 0. The van der Waals surface area contributed by atoms with Crippen LogP contribution in [-0.4, -0.2) is 55.1 Å². The van der Waals surface area contributed by atoms with Gasteiger partial charge in [-0.05, 0) is 38.8 Å². The number of nitrogens with one attached hydrogen (secondary N) is 2. The fraction of sp³-hybridized carbons (Fsp3) is 0.789. The number of rotatable bonds is 9. The molecular formula is C19H36IN5S. The first-order valence-corrected chi connectivity index (χ1v) is 10.6. The highest BCUT2D eigenvalue weighted by molar-refractivity contribution is 14.0. The van der Waals surface area contributed by atoms with Gasteiger partial charge < -0.3 is 10.6 Å². The molecule has 1 atom stereocenters. The summed E-state index contributed by atoms with van der Waals surface area (Å²) in [7, 11) is 1.85. The van der Waals surface area contributed by atoms with E-state index in [-0.39, 0.29) is 24.0 Å². The Kier molecular flexibility index (Phi) is 11.7. The van der Waals surface area contributed by atoms with Gasteiger partial charge in [-0.2, -0.15) is 0 Å². The summed E-state index contributed by atoms with van der Waals surface area (Å²) >= 11 is 1.77. The van der Waals surface area contributed by atoms with Crippen LogP contribution in [0.25, 0.3) is 0 Å². The molecule has 150 valence electrons. The number of thiazole rings is 1. The molecule has 1 aliphatic heterocycles. The van der Waals surface area contributed by atoms with E-state index in [1.807, 2.05) is 13.2 Å². The van der Waals surface area contributed by atoms with Crippen molar-refractivity contribution < 1.29 is 0 Å². The molecule has 1 aromatic rings. The number of aromatic nitrogens is 1. The summed E-state index contributed by atoms with van der Waals surface area (Å²) in [6.45, 7) is 11.1. The second-order valence-electron chi connectivity index (χ2n) is 6.88. The zero-order chi connectivity index (χ0) is 18.1. The molecule has 1 unspecified atom stereocenters. The van der Waals surface area contributed by atoms with E-state index in [4.69, 9.17) is 0 Å². The molecule has 0 saturated carbocycles. The average molecular weight is 494 g/mol. The van der Waals surface area contributed by atoms with Crippen LogP contribution in [0.4, 0.5) is 0 Å². The molecule has 0 radical (unpaired) electrons. The number of likely N-dealkylation sites (tertiary alicyclic amines) is 1. The highest BCUT2D eigenvalue weighted by Crippen LogP contribution is 2.22. The maximum atomic E-state index is 4.42. The summed E-state index contributed by atoms with van der Waals surface area (Å²) < 4.78 is 0. The number of halogens is 1. The maximum Gasteiger partial charge on any atom is 0.191 e. The van der Waals surface area contributed by atoms with Crippen molar-refractivity contribution in [2.75, 3.05) is 33.2 Å². The molecule has 0 spiro atoms. The Morgan fingerprint density at radius 1 is 1.27 bits per heavy atom. The fourth-order valence-electron chi connectivity index (χ4n) is 3.73. The standard InChI is InChI=1S/C19H35N5S.HI/c1-5-16(6-2)17(24-11-7-8-12-24)14-23-19(20-4)21-10-9-18-22-13-15(3)25-18;/h13,16-17H,5-12,14H2,1-4H3,(H2,20,21,23);1H. The molecule has 0 aromatic carbocycles. The van der Waals surface area contributed by atoms with Crippen molar-refractivity contribution in [1.82, 2.24) is 20.5 Å². The van der Waals surface area contributed by atoms with Crippen LogP contribution in [0, 0.1) is 12.8 Å². The van der Waals surface area contributed by atoms with Gasteiger partial charge in [-0.25, -0.2) is 4.98 Å². The second kappa shape index (κ2) is 12.9. The summed E-state index contributed by atoms with van der Waals surface area (Å²) in [5.74, 6) is 1.66. The lowest BCUT2D eigenvalue weighted by atomic mass is 9.93. The molecule has 2 N–H and O–H groups in total. The van der Waals surface area contributed by atoms with E-state index in [2.05, 4.69) is 46.3 Å². The maximum absolute atomic E-state index is 4.42. The third kappa shape index (κ3) is 7.31. The smallest absolute Gasteiger partial charge is 0.191 e. The summed E-state index contributed by atoms with van der Waals surface area (Å²) in [6, 6.07) is 0.609. The van der Waals surface area contributed by atoms with Gasteiger partial charge >= 0.3 is 0 Å². The van der Waals surface area contributed by atoms with Gasteiger partial charge in [0.2, 0.25) is 0 Å². The summed E-state index contributed by atoms with van der Waals surface area (Å²) in [5.41, 5.74) is 0. The number of hydrogen-bond donors (Lipinski definition) is 2. The highest BCUT2D eigenvalue weighted by Gasteiger charge is 2.27. The first-order valence-electron chi connectivity index (χ1n) is 9.77. The number of aliphatic imine (C=N–C) groups is 1. The Bertz CT molecular complexity index is 522. The molecule has 1 fully saturated rings. The van der Waals surface area contributed by atoms with E-state index in [0.29, 0.717) is 6.04 Å². The molecule has 26 heavy (non-hydrogen) atoms. The summed E-state index contributed by atoms with van der Waals surface area (Å²) in [6.07, 6.45) is 8.07. The van der Waals surface area contributed by atoms with Crippen LogP contribution in [0.2, 0.25) is 0 Å². The van der Waals surface area contributed by atoms with Crippen molar-refractivity contribution >= 4 is 41.3 Å². The quantitative estimate of drug-likeness (QED) is 0.313. The third-order valence-corrected chi connectivity index (χ3v) is 6.18. The number of aryl methyl sites for hydroxylation is 1. The molecule has 2 heterocycles. The van der Waals surface area contributed by atoms with Crippen molar-refractivity contribution in [1.29, 1.82) is 0 Å². The molecule has 5 nitrogen and oxygen atoms in total. The van der Waals surface area contributed by atoms with Gasteiger partial charge in [0.05, 0.1) is 5.01 Å². The molecule has 0 amide bonds. The van der Waals surface area contributed by atoms with Gasteiger partial charge in [0.1, 0.15) is 0 Å². The van der Waals surface area contributed by atoms with Gasteiger partial charge in [0.25, 0.3) is 0 Å². The highest BCUT2D eigenvalue weighted by atomic mass is 127. The van der Waals surface area contributed by atoms with Crippen LogP contribution < -0.4 is 10.6 Å². The van der Waals surface area contributed by atoms with Crippen molar-refractivity contribution in [3.8, 4) is 0 Å². The second-order valence-corrected chi connectivity index (χ2v) is 8.20. The summed E-state index contributed by atoms with van der Waals surface area (Å²) in [4.78, 5) is 12.8. The van der Waals surface area contributed by atoms with Gasteiger partial charge in [0, 0.05) is 43.7 Å². The van der Waals surface area contributed by atoms with Gasteiger partial charge in [-0.3, -0.25) is 9.89 Å². The zero-order valence-electron chi connectivity index (χ0n) is 16.8. The van der Waals surface area contributed by atoms with Crippen LogP contribution >= 0.6 is 35.3 Å². The van der Waals surface area contributed by atoms with Crippen LogP contribution in [0.15, 0.2) is 11.2 Å². The Labute approximate surface area is 180 Å². The van der Waals surface area contributed by atoms with Crippen molar-refractivity contribution in [3.05, 3.63) is 16.1 Å². The van der Waals surface area contributed by atoms with Crippen LogP contribution in [0.5, 0.6) is 0 Å². The first kappa shape index (κ1) is 23.6. The number of guanidine groups is 1. The van der Waals surface area contributed by atoms with Gasteiger partial charge in [-0.15, -0.1) is 35.3 Å². The third-order valence-electron chi connectivity index (χ3n) is 5.21. The fourth-order valence-corrected chi connectivity index (χ4v) is 4.51. The Morgan fingerprint density at radius 3 is 2.50 bits per heavy atom. The predicted octanol–water partition coefficient (Wildman–Crippen LogP) is 3.68. The predicted molar refractivity (Wildman–Crippen MR) is 124 cm³/mol. The van der Waals surface area contributed by atoms with E-state index < -0.39 is 0 Å². The Hall–Kier alpha value is -0.410. The Morgan fingerprint density at radius 2 is 1.96 bits per heavy atom. The van der Waals surface area contributed by atoms with Crippen LogP contribution in [0.1, 0.15) is 49.4 Å². The largest absolute Gasteiger partial charge is 0.356 e. The normalized spacial score (nSPS) is 16.6. The van der Waals surface area contributed by atoms with Crippen molar-refractivity contribution in [2.45, 2.75) is 58.9 Å². The molecule has 1 saturated heterocycles. The lowest BCUT2D eigenvalue weighted by Crippen LogP contribution is -2.49. The molecule has 0 aliphatic carbocycles. The lowest BCUT2D eigenvalue weighted by Gasteiger charge is -2.34. The minimum Gasteiger partial charge on any atom is -0.356 e. The van der Waals surface area contributed by atoms with Gasteiger partial charge in [-0.1, -0.05) is 26.7 Å². The molecule has 0 bridgehead atoms. The van der Waals surface area contributed by atoms with Crippen molar-refractivity contribution in [2.24, 2.45) is 10.9 Å². The topological polar surface area (TPSA) is 52.6 Å². The minimum absolute atomic E-state index is 0. The first-order chi connectivity index (χ1) is 12.2. The molecule has 1 aromatic heterocycles. The van der Waals surface area contributed by atoms with E-state index in [1.165, 1.54) is 48.7 Å². The molecule has 7 heteroatoms. The average Bonchev–Trinajstić information content (AvgIpc) is 3.28.